The topological polar surface area (TPSA) is 92.8 Å². The first-order valence-electron chi connectivity index (χ1n) is 8.23. The van der Waals surface area contributed by atoms with Crippen molar-refractivity contribution >= 4 is 11.7 Å². The monoisotopic (exact) mass is 347 g/mol. The van der Waals surface area contributed by atoms with E-state index in [9.17, 15) is 15.0 Å². The number of nitrogens with two attached hydrogens (primary N) is 1. The molecule has 0 bridgehead atoms. The van der Waals surface area contributed by atoms with Crippen molar-refractivity contribution in [2.45, 2.75) is 5.92 Å². The van der Waals surface area contributed by atoms with E-state index in [2.05, 4.69) is 12.1 Å². The molecule has 0 aliphatic heterocycles. The third-order valence-corrected chi connectivity index (χ3v) is 4.76. The summed E-state index contributed by atoms with van der Waals surface area (Å²) in [6, 6.07) is 18.7. The summed E-state index contributed by atoms with van der Waals surface area (Å²) in [5, 5.41) is 19.1. The lowest BCUT2D eigenvalue weighted by molar-refractivity contribution is 0.0494. The van der Waals surface area contributed by atoms with Crippen LogP contribution in [0.5, 0.6) is 11.5 Å². The lowest BCUT2D eigenvalue weighted by atomic mass is 9.98. The van der Waals surface area contributed by atoms with Crippen LogP contribution in [0.15, 0.2) is 60.7 Å². The number of anilines is 1. The van der Waals surface area contributed by atoms with Crippen molar-refractivity contribution in [3.05, 3.63) is 77.4 Å². The number of aromatic hydroxyl groups is 2. The van der Waals surface area contributed by atoms with Crippen molar-refractivity contribution < 1.29 is 19.7 Å². The summed E-state index contributed by atoms with van der Waals surface area (Å²) in [5.74, 6) is -1.59. The van der Waals surface area contributed by atoms with Gasteiger partial charge in [0.2, 0.25) is 0 Å². The molecule has 0 saturated carbocycles. The van der Waals surface area contributed by atoms with E-state index in [1.165, 1.54) is 12.1 Å². The predicted octanol–water partition coefficient (Wildman–Crippen LogP) is 3.65. The van der Waals surface area contributed by atoms with Gasteiger partial charge in [0, 0.05) is 5.92 Å². The highest BCUT2D eigenvalue weighted by Gasteiger charge is 2.29. The van der Waals surface area contributed by atoms with Gasteiger partial charge in [-0.05, 0) is 34.4 Å². The van der Waals surface area contributed by atoms with Crippen LogP contribution in [0.1, 0.15) is 27.4 Å². The van der Waals surface area contributed by atoms with Crippen molar-refractivity contribution in [2.75, 3.05) is 12.3 Å². The Morgan fingerprint density at radius 1 is 0.923 bits per heavy atom. The van der Waals surface area contributed by atoms with Gasteiger partial charge in [0.15, 0.2) is 11.5 Å². The second-order valence-electron chi connectivity index (χ2n) is 6.22. The van der Waals surface area contributed by atoms with E-state index in [1.54, 1.807) is 0 Å². The molecule has 1 aliphatic rings. The highest BCUT2D eigenvalue weighted by atomic mass is 16.5. The van der Waals surface area contributed by atoms with Gasteiger partial charge in [0.1, 0.15) is 6.61 Å². The summed E-state index contributed by atoms with van der Waals surface area (Å²) in [6.45, 7) is 0.161. The van der Waals surface area contributed by atoms with E-state index in [1.807, 2.05) is 36.4 Å². The molecule has 4 N–H and O–H groups in total. The molecular formula is C21H17NO4. The Hall–Kier alpha value is -3.47. The Morgan fingerprint density at radius 3 is 2.12 bits per heavy atom. The average molecular weight is 347 g/mol. The molecule has 0 amide bonds. The van der Waals surface area contributed by atoms with E-state index < -0.39 is 11.7 Å². The maximum atomic E-state index is 12.4. The first-order chi connectivity index (χ1) is 12.6. The largest absolute Gasteiger partial charge is 0.504 e. The van der Waals surface area contributed by atoms with Crippen molar-refractivity contribution in [2.24, 2.45) is 0 Å². The van der Waals surface area contributed by atoms with Crippen LogP contribution in [0.25, 0.3) is 11.1 Å². The molecule has 130 valence electrons. The van der Waals surface area contributed by atoms with Gasteiger partial charge in [-0.1, -0.05) is 48.5 Å². The number of fused-ring (bicyclic) bond motifs is 3. The van der Waals surface area contributed by atoms with Crippen LogP contribution >= 0.6 is 0 Å². The van der Waals surface area contributed by atoms with Crippen LogP contribution in [0, 0.1) is 0 Å². The van der Waals surface area contributed by atoms with Gasteiger partial charge in [-0.2, -0.15) is 0 Å². The minimum Gasteiger partial charge on any atom is -0.504 e. The standard InChI is InChI=1S/C21H17NO4/c22-19-16(9-10-18(23)20(19)24)21(25)26-11-17-14-7-3-1-5-12(14)13-6-2-4-8-15(13)17/h1-10,17,23-24H,11,22H2. The van der Waals surface area contributed by atoms with E-state index in [0.29, 0.717) is 0 Å². The van der Waals surface area contributed by atoms with Crippen LogP contribution in [0.4, 0.5) is 5.69 Å². The molecule has 0 unspecified atom stereocenters. The number of carbonyl (C=O) groups is 1. The lowest BCUT2D eigenvalue weighted by Crippen LogP contribution is -2.14. The second kappa shape index (κ2) is 6.11. The van der Waals surface area contributed by atoms with E-state index >= 15 is 0 Å². The highest BCUT2D eigenvalue weighted by molar-refractivity contribution is 5.97. The molecule has 4 rings (SSSR count). The summed E-state index contributed by atoms with van der Waals surface area (Å²) < 4.78 is 5.49. The number of rotatable bonds is 3. The second-order valence-corrected chi connectivity index (χ2v) is 6.22. The minimum absolute atomic E-state index is 0.0277. The van der Waals surface area contributed by atoms with Gasteiger partial charge < -0.3 is 20.7 Å². The van der Waals surface area contributed by atoms with Crippen molar-refractivity contribution in [3.63, 3.8) is 0 Å². The smallest absolute Gasteiger partial charge is 0.340 e. The number of phenols is 2. The number of carbonyl (C=O) groups excluding carboxylic acids is 1. The van der Waals surface area contributed by atoms with Crippen LogP contribution in [0.3, 0.4) is 0 Å². The first-order valence-corrected chi connectivity index (χ1v) is 8.23. The number of hydrogen-bond acceptors (Lipinski definition) is 5. The van der Waals surface area contributed by atoms with Crippen LogP contribution < -0.4 is 5.73 Å². The Kier molecular flexibility index (Phi) is 3.77. The maximum Gasteiger partial charge on any atom is 0.340 e. The molecule has 3 aromatic rings. The number of benzene rings is 3. The van der Waals surface area contributed by atoms with Gasteiger partial charge in [0.25, 0.3) is 0 Å². The fraction of sp³-hybridized carbons (Fsp3) is 0.0952. The SMILES string of the molecule is Nc1c(C(=O)OCC2c3ccccc3-c3ccccc32)ccc(O)c1O. The number of esters is 1. The molecule has 26 heavy (non-hydrogen) atoms. The van der Waals surface area contributed by atoms with Crippen LogP contribution in [-0.4, -0.2) is 22.8 Å². The van der Waals surface area contributed by atoms with E-state index in [4.69, 9.17) is 10.5 Å². The number of ether oxygens (including phenoxy) is 1. The van der Waals surface area contributed by atoms with E-state index in [-0.39, 0.29) is 29.5 Å². The highest BCUT2D eigenvalue weighted by Crippen LogP contribution is 2.44. The summed E-state index contributed by atoms with van der Waals surface area (Å²) in [5.41, 5.74) is 10.1. The van der Waals surface area contributed by atoms with Gasteiger partial charge in [-0.3, -0.25) is 0 Å². The van der Waals surface area contributed by atoms with Gasteiger partial charge in [-0.15, -0.1) is 0 Å². The third-order valence-electron chi connectivity index (χ3n) is 4.76. The van der Waals surface area contributed by atoms with Gasteiger partial charge >= 0.3 is 5.97 Å². The molecule has 0 spiro atoms. The molecule has 3 aromatic carbocycles. The Labute approximate surface area is 150 Å². The molecule has 0 saturated heterocycles. The molecule has 1 aliphatic carbocycles. The Bertz CT molecular complexity index is 967. The molecule has 0 radical (unpaired) electrons. The minimum atomic E-state index is -0.639. The average Bonchev–Trinajstić information content (AvgIpc) is 2.98. The van der Waals surface area contributed by atoms with Crippen molar-refractivity contribution in [1.29, 1.82) is 0 Å². The number of phenolic OH excluding ortho intramolecular Hbond substituents is 2. The van der Waals surface area contributed by atoms with Gasteiger partial charge in [-0.25, -0.2) is 4.79 Å². The third kappa shape index (κ3) is 2.45. The summed E-state index contributed by atoms with van der Waals surface area (Å²) in [7, 11) is 0. The Morgan fingerprint density at radius 2 is 1.50 bits per heavy atom. The maximum absolute atomic E-state index is 12.4. The quantitative estimate of drug-likeness (QED) is 0.382. The predicted molar refractivity (Wildman–Crippen MR) is 98.2 cm³/mol. The Balaban J connectivity index is 1.61. The zero-order valence-electron chi connectivity index (χ0n) is 13.8. The van der Waals surface area contributed by atoms with Crippen LogP contribution in [-0.2, 0) is 4.74 Å². The summed E-state index contributed by atoms with van der Waals surface area (Å²) in [6.07, 6.45) is 0. The van der Waals surface area contributed by atoms with Crippen molar-refractivity contribution in [3.8, 4) is 22.6 Å². The normalized spacial score (nSPS) is 12.5. The number of nitrogen functional groups attached to an aromatic ring is 1. The van der Waals surface area contributed by atoms with E-state index in [0.717, 1.165) is 22.3 Å². The zero-order valence-corrected chi connectivity index (χ0v) is 13.8. The first kappa shape index (κ1) is 16.0. The summed E-state index contributed by atoms with van der Waals surface area (Å²) in [4.78, 5) is 12.4. The summed E-state index contributed by atoms with van der Waals surface area (Å²) >= 11 is 0. The van der Waals surface area contributed by atoms with Crippen molar-refractivity contribution in [1.82, 2.24) is 0 Å². The lowest BCUT2D eigenvalue weighted by Gasteiger charge is -2.15. The zero-order chi connectivity index (χ0) is 18.3. The molecule has 5 nitrogen and oxygen atoms in total. The number of hydrogen-bond donors (Lipinski definition) is 3. The fourth-order valence-electron chi connectivity index (χ4n) is 3.45. The molecular weight excluding hydrogens is 330 g/mol. The molecule has 0 fully saturated rings. The fourth-order valence-corrected chi connectivity index (χ4v) is 3.45. The van der Waals surface area contributed by atoms with Gasteiger partial charge in [0.05, 0.1) is 11.3 Å². The van der Waals surface area contributed by atoms with Crippen LogP contribution in [0.2, 0.25) is 0 Å². The molecule has 0 aromatic heterocycles. The molecule has 0 atom stereocenters. The molecule has 0 heterocycles. The molecule has 5 heteroatoms.